The molecule has 0 aromatic carbocycles. The topological polar surface area (TPSA) is 85.1 Å². The van der Waals surface area contributed by atoms with Crippen LogP contribution in [0.1, 0.15) is 31.2 Å². The van der Waals surface area contributed by atoms with E-state index in [-0.39, 0.29) is 18.0 Å². The number of hydrogen-bond acceptors (Lipinski definition) is 4. The van der Waals surface area contributed by atoms with Gasteiger partial charge in [0.2, 0.25) is 10.0 Å². The van der Waals surface area contributed by atoms with E-state index >= 15 is 0 Å². The van der Waals surface area contributed by atoms with Crippen molar-refractivity contribution in [3.63, 3.8) is 0 Å². The number of nitrogens with one attached hydrogen (secondary N) is 1. The summed E-state index contributed by atoms with van der Waals surface area (Å²) in [5, 5.41) is 0. The van der Waals surface area contributed by atoms with Crippen molar-refractivity contribution >= 4 is 10.0 Å². The van der Waals surface area contributed by atoms with Crippen molar-refractivity contribution in [2.45, 2.75) is 37.8 Å². The van der Waals surface area contributed by atoms with Crippen LogP contribution in [0.5, 0.6) is 0 Å². The number of nitrogens with two attached hydrogens (primary N) is 1. The van der Waals surface area contributed by atoms with Crippen LogP contribution >= 0.6 is 0 Å². The molecule has 0 unspecified atom stereocenters. The van der Waals surface area contributed by atoms with E-state index in [2.05, 4.69) is 16.6 Å². The second-order valence-electron chi connectivity index (χ2n) is 5.51. The normalized spacial score (nSPS) is 32.2. The van der Waals surface area contributed by atoms with Gasteiger partial charge in [-0.05, 0) is 42.4 Å². The number of pyridine rings is 1. The van der Waals surface area contributed by atoms with Crippen LogP contribution in [0, 0.1) is 5.92 Å². The lowest BCUT2D eigenvalue weighted by Crippen LogP contribution is -2.54. The van der Waals surface area contributed by atoms with Gasteiger partial charge in [-0.2, -0.15) is 0 Å². The van der Waals surface area contributed by atoms with Crippen LogP contribution in [-0.4, -0.2) is 31.7 Å². The molecule has 1 saturated carbocycles. The van der Waals surface area contributed by atoms with Gasteiger partial charge in [-0.3, -0.25) is 4.98 Å². The van der Waals surface area contributed by atoms with E-state index < -0.39 is 10.0 Å². The summed E-state index contributed by atoms with van der Waals surface area (Å²) in [7, 11) is -3.21. The number of hydrogen-bond donors (Lipinski definition) is 2. The maximum atomic E-state index is 11.4. The fourth-order valence-corrected chi connectivity index (χ4v) is 3.85. The molecule has 0 radical (unpaired) electrons. The molecule has 1 aromatic rings. The van der Waals surface area contributed by atoms with Crippen molar-refractivity contribution in [2.75, 3.05) is 6.26 Å². The van der Waals surface area contributed by atoms with E-state index in [4.69, 9.17) is 5.73 Å². The molecular weight excluding hydrogens is 262 g/mol. The van der Waals surface area contributed by atoms with Gasteiger partial charge in [0.15, 0.2) is 0 Å². The summed E-state index contributed by atoms with van der Waals surface area (Å²) in [6.45, 7) is 2.05. The lowest BCUT2D eigenvalue weighted by atomic mass is 9.74. The maximum Gasteiger partial charge on any atom is 0.209 e. The molecule has 0 bridgehead atoms. The highest BCUT2D eigenvalue weighted by Gasteiger charge is 2.35. The zero-order chi connectivity index (χ0) is 14.0. The average molecular weight is 283 g/mol. The molecule has 0 amide bonds. The quantitative estimate of drug-likeness (QED) is 0.861. The highest BCUT2D eigenvalue weighted by molar-refractivity contribution is 7.88. The standard InChI is InChI=1S/C13H21N3O2S/c1-9-7-11(10-3-5-15-6-4-10)8-12(14)13(9)16-19(2,17)18/h3-6,9,11-13,16H,7-8,14H2,1-2H3/t9-,11+,12+,13+/m0/s1. The molecule has 0 spiro atoms. The molecule has 1 aromatic heterocycles. The van der Waals surface area contributed by atoms with Crippen LogP contribution in [0.2, 0.25) is 0 Å². The van der Waals surface area contributed by atoms with Crippen LogP contribution in [0.15, 0.2) is 24.5 Å². The minimum Gasteiger partial charge on any atom is -0.326 e. The molecule has 106 valence electrons. The van der Waals surface area contributed by atoms with Crippen molar-refractivity contribution < 1.29 is 8.42 Å². The first-order valence-corrected chi connectivity index (χ1v) is 8.39. The Morgan fingerprint density at radius 2 is 1.95 bits per heavy atom. The second-order valence-corrected chi connectivity index (χ2v) is 7.29. The average Bonchev–Trinajstić information content (AvgIpc) is 2.33. The number of nitrogens with zero attached hydrogens (tertiary/aromatic N) is 1. The van der Waals surface area contributed by atoms with Gasteiger partial charge in [-0.15, -0.1) is 0 Å². The maximum absolute atomic E-state index is 11.4. The summed E-state index contributed by atoms with van der Waals surface area (Å²) in [4.78, 5) is 4.02. The van der Waals surface area contributed by atoms with E-state index in [0.717, 1.165) is 12.8 Å². The molecule has 1 aliphatic carbocycles. The summed E-state index contributed by atoms with van der Waals surface area (Å²) < 4.78 is 25.4. The van der Waals surface area contributed by atoms with E-state index in [1.807, 2.05) is 12.1 Å². The van der Waals surface area contributed by atoms with E-state index in [1.165, 1.54) is 11.8 Å². The van der Waals surface area contributed by atoms with Crippen LogP contribution in [0.4, 0.5) is 0 Å². The van der Waals surface area contributed by atoms with Crippen molar-refractivity contribution in [3.05, 3.63) is 30.1 Å². The predicted molar refractivity (Wildman–Crippen MR) is 75.1 cm³/mol. The molecule has 1 fully saturated rings. The lowest BCUT2D eigenvalue weighted by Gasteiger charge is -2.39. The number of sulfonamides is 1. The Balaban J connectivity index is 2.10. The van der Waals surface area contributed by atoms with Crippen LogP contribution < -0.4 is 10.5 Å². The van der Waals surface area contributed by atoms with Gasteiger partial charge in [-0.25, -0.2) is 13.1 Å². The van der Waals surface area contributed by atoms with Crippen LogP contribution in [-0.2, 0) is 10.0 Å². The summed E-state index contributed by atoms with van der Waals surface area (Å²) >= 11 is 0. The fraction of sp³-hybridized carbons (Fsp3) is 0.615. The molecule has 6 heteroatoms. The Morgan fingerprint density at radius 3 is 2.47 bits per heavy atom. The molecular formula is C13H21N3O2S. The Hall–Kier alpha value is -0.980. The lowest BCUT2D eigenvalue weighted by molar-refractivity contribution is 0.248. The van der Waals surface area contributed by atoms with Gasteiger partial charge >= 0.3 is 0 Å². The third-order valence-corrected chi connectivity index (χ3v) is 4.52. The fourth-order valence-electron chi connectivity index (χ4n) is 2.95. The Morgan fingerprint density at radius 1 is 1.32 bits per heavy atom. The highest BCUT2D eigenvalue weighted by Crippen LogP contribution is 2.35. The monoisotopic (exact) mass is 283 g/mol. The van der Waals surface area contributed by atoms with Crippen molar-refractivity contribution in [1.82, 2.24) is 9.71 Å². The van der Waals surface area contributed by atoms with Gasteiger partial charge in [0.25, 0.3) is 0 Å². The molecule has 19 heavy (non-hydrogen) atoms. The summed E-state index contributed by atoms with van der Waals surface area (Å²) in [6.07, 6.45) is 6.48. The first kappa shape index (κ1) is 14.4. The highest BCUT2D eigenvalue weighted by atomic mass is 32.2. The molecule has 1 heterocycles. The molecule has 5 nitrogen and oxygen atoms in total. The largest absolute Gasteiger partial charge is 0.326 e. The van der Waals surface area contributed by atoms with Crippen molar-refractivity contribution in [1.29, 1.82) is 0 Å². The molecule has 4 atom stereocenters. The third-order valence-electron chi connectivity index (χ3n) is 3.81. The third kappa shape index (κ3) is 3.75. The minimum absolute atomic E-state index is 0.156. The number of aromatic nitrogens is 1. The van der Waals surface area contributed by atoms with E-state index in [0.29, 0.717) is 5.92 Å². The summed E-state index contributed by atoms with van der Waals surface area (Å²) in [5.74, 6) is 0.599. The molecule has 0 aliphatic heterocycles. The van der Waals surface area contributed by atoms with Crippen LogP contribution in [0.3, 0.4) is 0 Å². The van der Waals surface area contributed by atoms with Crippen molar-refractivity contribution in [2.24, 2.45) is 11.7 Å². The van der Waals surface area contributed by atoms with Gasteiger partial charge in [0, 0.05) is 24.5 Å². The summed E-state index contributed by atoms with van der Waals surface area (Å²) in [6, 6.07) is 3.69. The van der Waals surface area contributed by atoms with Crippen molar-refractivity contribution in [3.8, 4) is 0 Å². The van der Waals surface area contributed by atoms with E-state index in [1.54, 1.807) is 12.4 Å². The van der Waals surface area contributed by atoms with E-state index in [9.17, 15) is 8.42 Å². The molecule has 3 N–H and O–H groups in total. The Labute approximate surface area is 114 Å². The zero-order valence-corrected chi connectivity index (χ0v) is 12.1. The van der Waals surface area contributed by atoms with Gasteiger partial charge in [0.05, 0.1) is 6.26 Å². The zero-order valence-electron chi connectivity index (χ0n) is 11.3. The summed E-state index contributed by atoms with van der Waals surface area (Å²) in [5.41, 5.74) is 7.39. The van der Waals surface area contributed by atoms with Crippen LogP contribution in [0.25, 0.3) is 0 Å². The SMILES string of the molecule is C[C@H]1C[C@@H](c2ccncc2)C[C@@H](N)[C@@H]1NS(C)(=O)=O. The van der Waals surface area contributed by atoms with Gasteiger partial charge < -0.3 is 5.73 Å². The predicted octanol–water partition coefficient (Wildman–Crippen LogP) is 0.840. The van der Waals surface area contributed by atoms with Gasteiger partial charge in [-0.1, -0.05) is 6.92 Å². The smallest absolute Gasteiger partial charge is 0.209 e. The Kier molecular flexibility index (Phi) is 4.23. The minimum atomic E-state index is -3.21. The van der Waals surface area contributed by atoms with Gasteiger partial charge in [0.1, 0.15) is 0 Å². The second kappa shape index (κ2) is 5.56. The first-order valence-electron chi connectivity index (χ1n) is 6.49. The Bertz CT molecular complexity index is 506. The molecule has 1 aliphatic rings. The molecule has 0 saturated heterocycles. The molecule has 2 rings (SSSR count). The first-order chi connectivity index (χ1) is 8.87. The number of rotatable bonds is 3.